The largest absolute Gasteiger partial charge is 0.386 e. The Balaban J connectivity index is 1.71. The van der Waals surface area contributed by atoms with Crippen molar-refractivity contribution in [1.29, 1.82) is 0 Å². The van der Waals surface area contributed by atoms with Crippen molar-refractivity contribution >= 4 is 0 Å². The molecule has 2 heterocycles. The number of aliphatic hydroxyl groups is 1. The Morgan fingerprint density at radius 1 is 1.71 bits per heavy atom. The van der Waals surface area contributed by atoms with E-state index in [4.69, 9.17) is 4.74 Å². The number of aryl methyl sites for hydroxylation is 1. The van der Waals surface area contributed by atoms with Crippen molar-refractivity contribution in [1.82, 2.24) is 15.1 Å². The zero-order chi connectivity index (χ0) is 12.3. The van der Waals surface area contributed by atoms with Crippen LogP contribution < -0.4 is 5.32 Å². The Morgan fingerprint density at radius 2 is 2.53 bits per heavy atom. The smallest absolute Gasteiger partial charge is 0.105 e. The molecule has 0 aromatic carbocycles. The van der Waals surface area contributed by atoms with Gasteiger partial charge in [0.05, 0.1) is 6.10 Å². The highest BCUT2D eigenvalue weighted by Gasteiger charge is 2.38. The first kappa shape index (κ1) is 12.5. The molecule has 1 aromatic heterocycles. The van der Waals surface area contributed by atoms with E-state index in [1.165, 1.54) is 5.69 Å². The first-order valence-electron chi connectivity index (χ1n) is 6.13. The van der Waals surface area contributed by atoms with Crippen molar-refractivity contribution in [2.45, 2.75) is 31.5 Å². The zero-order valence-corrected chi connectivity index (χ0v) is 10.5. The van der Waals surface area contributed by atoms with Crippen molar-refractivity contribution in [3.05, 3.63) is 18.0 Å². The summed E-state index contributed by atoms with van der Waals surface area (Å²) in [6.45, 7) is 4.01. The molecule has 1 aliphatic rings. The van der Waals surface area contributed by atoms with Gasteiger partial charge in [0.1, 0.15) is 5.60 Å². The maximum absolute atomic E-state index is 10.3. The van der Waals surface area contributed by atoms with Crippen LogP contribution >= 0.6 is 0 Å². The molecule has 1 aliphatic heterocycles. The van der Waals surface area contributed by atoms with Crippen molar-refractivity contribution < 1.29 is 9.84 Å². The van der Waals surface area contributed by atoms with Gasteiger partial charge >= 0.3 is 0 Å². The molecule has 2 atom stereocenters. The summed E-state index contributed by atoms with van der Waals surface area (Å²) in [7, 11) is 1.94. The van der Waals surface area contributed by atoms with E-state index in [9.17, 15) is 5.11 Å². The summed E-state index contributed by atoms with van der Waals surface area (Å²) in [5.74, 6) is 0. The summed E-state index contributed by atoms with van der Waals surface area (Å²) in [6, 6.07) is 2.01. The summed E-state index contributed by atoms with van der Waals surface area (Å²) in [5, 5.41) is 17.7. The minimum atomic E-state index is -0.702. The van der Waals surface area contributed by atoms with Crippen molar-refractivity contribution in [3.8, 4) is 0 Å². The van der Waals surface area contributed by atoms with Crippen LogP contribution in [0.4, 0.5) is 0 Å². The maximum Gasteiger partial charge on any atom is 0.105 e. The van der Waals surface area contributed by atoms with Gasteiger partial charge in [-0.1, -0.05) is 0 Å². The molecule has 0 spiro atoms. The average molecular weight is 239 g/mol. The normalized spacial score (nSPS) is 28.8. The highest BCUT2D eigenvalue weighted by atomic mass is 16.5. The second-order valence-corrected chi connectivity index (χ2v) is 4.74. The van der Waals surface area contributed by atoms with Gasteiger partial charge in [-0.15, -0.1) is 0 Å². The molecule has 2 N–H and O–H groups in total. The number of hydrogen-bond acceptors (Lipinski definition) is 4. The van der Waals surface area contributed by atoms with Gasteiger partial charge in [-0.3, -0.25) is 4.68 Å². The third-order valence-electron chi connectivity index (χ3n) is 3.57. The Bertz CT molecular complexity index is 366. The molecule has 1 aromatic rings. The van der Waals surface area contributed by atoms with Gasteiger partial charge < -0.3 is 15.2 Å². The topological polar surface area (TPSA) is 59.3 Å². The fourth-order valence-electron chi connectivity index (χ4n) is 2.17. The fourth-order valence-corrected chi connectivity index (χ4v) is 2.17. The molecule has 2 rings (SSSR count). The molecule has 0 bridgehead atoms. The first-order valence-corrected chi connectivity index (χ1v) is 6.13. The number of aromatic nitrogens is 2. The standard InChI is InChI=1S/C12H21N3O2/c1-10-12(16,5-8-17-10)9-13-6-3-11-4-7-14-15(11)2/h4,7,10,13,16H,3,5-6,8-9H2,1-2H3. The van der Waals surface area contributed by atoms with E-state index in [0.29, 0.717) is 19.6 Å². The van der Waals surface area contributed by atoms with Gasteiger partial charge in [0, 0.05) is 51.5 Å². The number of nitrogens with zero attached hydrogens (tertiary/aromatic N) is 2. The molecule has 1 fully saturated rings. The Kier molecular flexibility index (Phi) is 3.81. The third kappa shape index (κ3) is 2.86. The lowest BCUT2D eigenvalue weighted by atomic mass is 9.97. The van der Waals surface area contributed by atoms with Crippen LogP contribution in [0.3, 0.4) is 0 Å². The number of hydrogen-bond donors (Lipinski definition) is 2. The van der Waals surface area contributed by atoms with E-state index >= 15 is 0 Å². The monoisotopic (exact) mass is 239 g/mol. The number of rotatable bonds is 5. The van der Waals surface area contributed by atoms with Gasteiger partial charge in [0.15, 0.2) is 0 Å². The Labute approximate surface area is 102 Å². The quantitative estimate of drug-likeness (QED) is 0.715. The summed E-state index contributed by atoms with van der Waals surface area (Å²) < 4.78 is 7.26. The third-order valence-corrected chi connectivity index (χ3v) is 3.57. The van der Waals surface area contributed by atoms with Gasteiger partial charge in [-0.2, -0.15) is 5.10 Å². The summed E-state index contributed by atoms with van der Waals surface area (Å²) >= 11 is 0. The van der Waals surface area contributed by atoms with Crippen LogP contribution in [-0.4, -0.2) is 46.3 Å². The van der Waals surface area contributed by atoms with E-state index in [-0.39, 0.29) is 6.10 Å². The van der Waals surface area contributed by atoms with E-state index in [2.05, 4.69) is 10.4 Å². The summed E-state index contributed by atoms with van der Waals surface area (Å²) in [6.07, 6.45) is 3.36. The highest BCUT2D eigenvalue weighted by molar-refractivity contribution is 5.00. The Hall–Kier alpha value is -0.910. The summed E-state index contributed by atoms with van der Waals surface area (Å²) in [5.41, 5.74) is 0.493. The SMILES string of the molecule is CC1OCCC1(O)CNCCc1ccnn1C. The molecule has 5 heteroatoms. The van der Waals surface area contributed by atoms with Crippen LogP contribution in [0.5, 0.6) is 0 Å². The molecule has 0 amide bonds. The molecular formula is C12H21N3O2. The van der Waals surface area contributed by atoms with E-state index in [1.807, 2.05) is 24.7 Å². The van der Waals surface area contributed by atoms with Gasteiger partial charge in [0.2, 0.25) is 0 Å². The first-order chi connectivity index (χ1) is 8.12. The van der Waals surface area contributed by atoms with Crippen LogP contribution in [0.25, 0.3) is 0 Å². The fraction of sp³-hybridized carbons (Fsp3) is 0.750. The molecule has 96 valence electrons. The predicted molar refractivity (Wildman–Crippen MR) is 64.8 cm³/mol. The average Bonchev–Trinajstić information content (AvgIpc) is 2.83. The molecule has 0 aliphatic carbocycles. The van der Waals surface area contributed by atoms with Crippen molar-refractivity contribution in [3.63, 3.8) is 0 Å². The zero-order valence-electron chi connectivity index (χ0n) is 10.5. The van der Waals surface area contributed by atoms with Crippen molar-refractivity contribution in [2.24, 2.45) is 7.05 Å². The van der Waals surface area contributed by atoms with Crippen LogP contribution in [0.1, 0.15) is 19.0 Å². The van der Waals surface area contributed by atoms with Gasteiger partial charge in [-0.25, -0.2) is 0 Å². The molecule has 2 unspecified atom stereocenters. The van der Waals surface area contributed by atoms with Gasteiger partial charge in [0.25, 0.3) is 0 Å². The lowest BCUT2D eigenvalue weighted by molar-refractivity contribution is -0.0259. The second-order valence-electron chi connectivity index (χ2n) is 4.74. The van der Waals surface area contributed by atoms with Crippen LogP contribution in [0.15, 0.2) is 12.3 Å². The van der Waals surface area contributed by atoms with E-state index < -0.39 is 5.60 Å². The molecule has 1 saturated heterocycles. The number of nitrogens with one attached hydrogen (secondary N) is 1. The van der Waals surface area contributed by atoms with Crippen LogP contribution in [0.2, 0.25) is 0 Å². The second kappa shape index (κ2) is 5.16. The molecular weight excluding hydrogens is 218 g/mol. The predicted octanol–water partition coefficient (Wildman–Crippen LogP) is 0.0921. The lowest BCUT2D eigenvalue weighted by Crippen LogP contribution is -2.46. The Morgan fingerprint density at radius 3 is 3.12 bits per heavy atom. The summed E-state index contributed by atoms with van der Waals surface area (Å²) in [4.78, 5) is 0. The number of ether oxygens (including phenoxy) is 1. The highest BCUT2D eigenvalue weighted by Crippen LogP contribution is 2.24. The molecule has 5 nitrogen and oxygen atoms in total. The lowest BCUT2D eigenvalue weighted by Gasteiger charge is -2.26. The molecule has 0 saturated carbocycles. The van der Waals surface area contributed by atoms with Crippen LogP contribution in [0, 0.1) is 0 Å². The molecule has 17 heavy (non-hydrogen) atoms. The van der Waals surface area contributed by atoms with Gasteiger partial charge in [-0.05, 0) is 13.0 Å². The maximum atomic E-state index is 10.3. The van der Waals surface area contributed by atoms with E-state index in [0.717, 1.165) is 13.0 Å². The van der Waals surface area contributed by atoms with Crippen molar-refractivity contribution in [2.75, 3.05) is 19.7 Å². The van der Waals surface area contributed by atoms with E-state index in [1.54, 1.807) is 6.20 Å². The minimum Gasteiger partial charge on any atom is -0.386 e. The van der Waals surface area contributed by atoms with Crippen LogP contribution in [-0.2, 0) is 18.2 Å². The minimum absolute atomic E-state index is 0.0771. The molecule has 0 radical (unpaired) electrons.